The molecular weight excluding hydrogens is 554 g/mol. The highest BCUT2D eigenvalue weighted by Crippen LogP contribution is 2.24. The lowest BCUT2D eigenvalue weighted by molar-refractivity contribution is -0.384. The van der Waals surface area contributed by atoms with Crippen molar-refractivity contribution in [2.24, 2.45) is 10.2 Å². The standard InChI is InChI=1S/C31H35N5O7/c1-6-35(25-13-9-23(10-14-25)33-34-24-11-15-26(16-12-24)36(40)41)29(38)20-42-27-17-7-22(8-18-27)19-28(32-21(2)37)30(39)43-31(3,4)5/h7-18,28H,6,19-20H2,1-5H3,(H,32,37)/t28-/m0/s1. The second-order valence-electron chi connectivity index (χ2n) is 10.6. The number of likely N-dealkylation sites (N-methyl/N-ethyl adjacent to an activating group) is 1. The van der Waals surface area contributed by atoms with Gasteiger partial charge in [-0.1, -0.05) is 12.1 Å². The topological polar surface area (TPSA) is 153 Å². The Balaban J connectivity index is 1.57. The summed E-state index contributed by atoms with van der Waals surface area (Å²) in [6.45, 7) is 8.70. The summed E-state index contributed by atoms with van der Waals surface area (Å²) in [4.78, 5) is 49.0. The van der Waals surface area contributed by atoms with Crippen LogP contribution in [-0.2, 0) is 25.5 Å². The van der Waals surface area contributed by atoms with Crippen LogP contribution in [0.4, 0.5) is 22.7 Å². The molecule has 3 aromatic rings. The summed E-state index contributed by atoms with van der Waals surface area (Å²) in [6, 6.07) is 18.7. The second-order valence-corrected chi connectivity index (χ2v) is 10.6. The van der Waals surface area contributed by atoms with Gasteiger partial charge in [-0.05, 0) is 81.8 Å². The Kier molecular flexibility index (Phi) is 11.0. The molecule has 0 bridgehead atoms. The SMILES string of the molecule is CCN(C(=O)COc1ccc(C[C@H](NC(C)=O)C(=O)OC(C)(C)C)cc1)c1ccc(N=Nc2ccc([N+](=O)[O-])cc2)cc1. The molecule has 1 N–H and O–H groups in total. The van der Waals surface area contributed by atoms with Crippen molar-refractivity contribution in [1.82, 2.24) is 5.32 Å². The summed E-state index contributed by atoms with van der Waals surface area (Å²) < 4.78 is 11.1. The molecule has 0 aliphatic heterocycles. The van der Waals surface area contributed by atoms with Gasteiger partial charge in [-0.15, -0.1) is 0 Å². The van der Waals surface area contributed by atoms with Crippen LogP contribution in [0.25, 0.3) is 0 Å². The highest BCUT2D eigenvalue weighted by Gasteiger charge is 2.26. The molecule has 0 spiro atoms. The molecule has 2 amide bonds. The minimum atomic E-state index is -0.835. The number of non-ortho nitro benzene ring substituents is 1. The Morgan fingerprint density at radius 1 is 0.930 bits per heavy atom. The number of esters is 1. The largest absolute Gasteiger partial charge is 0.484 e. The number of benzene rings is 3. The summed E-state index contributed by atoms with van der Waals surface area (Å²) in [6.07, 6.45) is 0.237. The van der Waals surface area contributed by atoms with Gasteiger partial charge in [0.25, 0.3) is 11.6 Å². The molecule has 12 nitrogen and oxygen atoms in total. The predicted octanol–water partition coefficient (Wildman–Crippen LogP) is 5.83. The van der Waals surface area contributed by atoms with Crippen LogP contribution < -0.4 is 15.0 Å². The third-order valence-electron chi connectivity index (χ3n) is 5.91. The molecule has 43 heavy (non-hydrogen) atoms. The van der Waals surface area contributed by atoms with Crippen molar-refractivity contribution in [3.8, 4) is 5.75 Å². The molecule has 0 aliphatic rings. The van der Waals surface area contributed by atoms with E-state index in [1.54, 1.807) is 74.2 Å². The van der Waals surface area contributed by atoms with Crippen LogP contribution in [0.1, 0.15) is 40.2 Å². The van der Waals surface area contributed by atoms with Crippen molar-refractivity contribution >= 4 is 40.5 Å². The van der Waals surface area contributed by atoms with Gasteiger partial charge in [0, 0.05) is 37.7 Å². The van der Waals surface area contributed by atoms with Crippen LogP contribution in [0, 0.1) is 10.1 Å². The van der Waals surface area contributed by atoms with Crippen LogP contribution in [0.15, 0.2) is 83.0 Å². The first-order valence-electron chi connectivity index (χ1n) is 13.6. The van der Waals surface area contributed by atoms with Gasteiger partial charge < -0.3 is 19.7 Å². The fourth-order valence-electron chi connectivity index (χ4n) is 3.95. The van der Waals surface area contributed by atoms with E-state index in [0.29, 0.717) is 29.4 Å². The van der Waals surface area contributed by atoms with E-state index in [4.69, 9.17) is 9.47 Å². The van der Waals surface area contributed by atoms with Crippen LogP contribution in [0.3, 0.4) is 0 Å². The van der Waals surface area contributed by atoms with Crippen molar-refractivity contribution in [1.29, 1.82) is 0 Å². The number of hydrogen-bond acceptors (Lipinski definition) is 9. The van der Waals surface area contributed by atoms with Crippen molar-refractivity contribution < 1.29 is 28.8 Å². The molecule has 0 unspecified atom stereocenters. The molecule has 3 rings (SSSR count). The van der Waals surface area contributed by atoms with Gasteiger partial charge in [0.1, 0.15) is 17.4 Å². The molecule has 226 valence electrons. The summed E-state index contributed by atoms with van der Waals surface area (Å²) >= 11 is 0. The monoisotopic (exact) mass is 589 g/mol. The van der Waals surface area contributed by atoms with Gasteiger partial charge in [-0.2, -0.15) is 10.2 Å². The third kappa shape index (κ3) is 10.3. The Morgan fingerprint density at radius 3 is 1.98 bits per heavy atom. The van der Waals surface area contributed by atoms with E-state index in [1.165, 1.54) is 31.2 Å². The Morgan fingerprint density at radius 2 is 1.49 bits per heavy atom. The highest BCUT2D eigenvalue weighted by atomic mass is 16.6. The zero-order valence-corrected chi connectivity index (χ0v) is 24.8. The molecule has 0 aromatic heterocycles. The van der Waals surface area contributed by atoms with Gasteiger partial charge in [-0.25, -0.2) is 4.79 Å². The van der Waals surface area contributed by atoms with Gasteiger partial charge in [0.15, 0.2) is 6.61 Å². The van der Waals surface area contributed by atoms with Crippen LogP contribution in [-0.4, -0.2) is 47.5 Å². The minimum Gasteiger partial charge on any atom is -0.484 e. The van der Waals surface area contributed by atoms with E-state index < -0.39 is 22.5 Å². The van der Waals surface area contributed by atoms with E-state index >= 15 is 0 Å². The first-order valence-corrected chi connectivity index (χ1v) is 13.6. The molecular formula is C31H35N5O7. The van der Waals surface area contributed by atoms with E-state index in [2.05, 4.69) is 15.5 Å². The molecule has 1 atom stereocenters. The lowest BCUT2D eigenvalue weighted by atomic mass is 10.1. The molecule has 0 saturated carbocycles. The smallest absolute Gasteiger partial charge is 0.329 e. The summed E-state index contributed by atoms with van der Waals surface area (Å²) in [5.41, 5.74) is 1.75. The van der Waals surface area contributed by atoms with Crippen molar-refractivity contribution in [2.45, 2.75) is 52.7 Å². The number of carbonyl (C=O) groups is 3. The van der Waals surface area contributed by atoms with E-state index in [9.17, 15) is 24.5 Å². The number of nitrogens with one attached hydrogen (secondary N) is 1. The number of nitrogens with zero attached hydrogens (tertiary/aromatic N) is 4. The number of hydrogen-bond donors (Lipinski definition) is 1. The van der Waals surface area contributed by atoms with E-state index in [-0.39, 0.29) is 30.5 Å². The normalized spacial score (nSPS) is 11.9. The number of amides is 2. The Hall–Kier alpha value is -5.13. The van der Waals surface area contributed by atoms with Gasteiger partial charge in [0.2, 0.25) is 5.91 Å². The summed E-state index contributed by atoms with van der Waals surface area (Å²) in [5.74, 6) is -0.629. The average molecular weight is 590 g/mol. The number of nitro groups is 1. The van der Waals surface area contributed by atoms with Gasteiger partial charge in [0.05, 0.1) is 16.3 Å². The fraction of sp³-hybridized carbons (Fsp3) is 0.323. The Labute approximate surface area is 249 Å². The number of carbonyl (C=O) groups excluding carboxylic acids is 3. The van der Waals surface area contributed by atoms with Crippen molar-refractivity contribution in [3.63, 3.8) is 0 Å². The quantitative estimate of drug-likeness (QED) is 0.121. The highest BCUT2D eigenvalue weighted by molar-refractivity contribution is 5.94. The number of anilines is 1. The maximum Gasteiger partial charge on any atom is 0.329 e. The van der Waals surface area contributed by atoms with Crippen LogP contribution in [0.5, 0.6) is 5.75 Å². The van der Waals surface area contributed by atoms with Crippen LogP contribution in [0.2, 0.25) is 0 Å². The lowest BCUT2D eigenvalue weighted by Crippen LogP contribution is -2.44. The average Bonchev–Trinajstić information content (AvgIpc) is 2.95. The van der Waals surface area contributed by atoms with Crippen molar-refractivity contribution in [3.05, 3.63) is 88.5 Å². The lowest BCUT2D eigenvalue weighted by Gasteiger charge is -2.24. The maximum absolute atomic E-state index is 12.9. The zero-order valence-electron chi connectivity index (χ0n) is 24.8. The predicted molar refractivity (Wildman–Crippen MR) is 161 cm³/mol. The van der Waals surface area contributed by atoms with Gasteiger partial charge in [-0.3, -0.25) is 19.7 Å². The fourth-order valence-corrected chi connectivity index (χ4v) is 3.95. The first-order chi connectivity index (χ1) is 20.3. The summed E-state index contributed by atoms with van der Waals surface area (Å²) in [5, 5.41) is 21.6. The minimum absolute atomic E-state index is 0.0271. The first kappa shape index (κ1) is 32.4. The van der Waals surface area contributed by atoms with E-state index in [1.807, 2.05) is 6.92 Å². The molecule has 0 aliphatic carbocycles. The molecule has 12 heteroatoms. The number of ether oxygens (including phenoxy) is 2. The molecule has 3 aromatic carbocycles. The number of azo groups is 1. The van der Waals surface area contributed by atoms with Gasteiger partial charge >= 0.3 is 5.97 Å². The third-order valence-corrected chi connectivity index (χ3v) is 5.91. The summed E-state index contributed by atoms with van der Waals surface area (Å²) in [7, 11) is 0. The van der Waals surface area contributed by atoms with Crippen molar-refractivity contribution in [2.75, 3.05) is 18.1 Å². The molecule has 0 saturated heterocycles. The van der Waals surface area contributed by atoms with Crippen LogP contribution >= 0.6 is 0 Å². The molecule has 0 radical (unpaired) electrons. The maximum atomic E-state index is 12.9. The number of rotatable bonds is 12. The molecule has 0 heterocycles. The Bertz CT molecular complexity index is 1450. The number of nitro benzene ring substituents is 1. The van der Waals surface area contributed by atoms with E-state index in [0.717, 1.165) is 5.56 Å². The second kappa shape index (κ2) is 14.7. The molecule has 0 fully saturated rings. The zero-order chi connectivity index (χ0) is 31.6.